The van der Waals surface area contributed by atoms with Crippen molar-refractivity contribution in [3.05, 3.63) is 52.8 Å². The lowest BCUT2D eigenvalue weighted by Gasteiger charge is -2.02. The maximum Gasteiger partial charge on any atom is 0.221 e. The topological polar surface area (TPSA) is 46.9 Å². The van der Waals surface area contributed by atoms with Crippen LogP contribution >= 0.6 is 0 Å². The summed E-state index contributed by atoms with van der Waals surface area (Å²) < 4.78 is 1.86. The van der Waals surface area contributed by atoms with Crippen molar-refractivity contribution in [2.24, 2.45) is 7.05 Å². The number of benzene rings is 1. The van der Waals surface area contributed by atoms with Crippen LogP contribution < -0.4 is 5.32 Å². The van der Waals surface area contributed by atoms with Crippen molar-refractivity contribution < 1.29 is 4.79 Å². The SMILES string of the molecule is Cc1nn(C)c(C)c1CCC(=O)NCC#Cc1ccccc1. The smallest absolute Gasteiger partial charge is 0.221 e. The summed E-state index contributed by atoms with van der Waals surface area (Å²) in [6, 6.07) is 9.74. The van der Waals surface area contributed by atoms with Crippen LogP contribution in [0.1, 0.15) is 28.9 Å². The van der Waals surface area contributed by atoms with E-state index in [4.69, 9.17) is 0 Å². The molecule has 1 aromatic carbocycles. The number of aromatic nitrogens is 2. The third kappa shape index (κ3) is 4.23. The second-order valence-corrected chi connectivity index (χ2v) is 5.22. The van der Waals surface area contributed by atoms with Crippen molar-refractivity contribution in [2.45, 2.75) is 26.7 Å². The van der Waals surface area contributed by atoms with Crippen LogP contribution in [0, 0.1) is 25.7 Å². The monoisotopic (exact) mass is 295 g/mol. The first-order chi connectivity index (χ1) is 10.6. The predicted octanol–water partition coefficient (Wildman–Crippen LogP) is 2.14. The largest absolute Gasteiger partial charge is 0.345 e. The molecule has 0 saturated heterocycles. The minimum absolute atomic E-state index is 0.0185. The maximum atomic E-state index is 11.9. The number of carbonyl (C=O) groups is 1. The molecule has 0 fully saturated rings. The summed E-state index contributed by atoms with van der Waals surface area (Å²) >= 11 is 0. The van der Waals surface area contributed by atoms with Crippen LogP contribution in [0.4, 0.5) is 0 Å². The number of hydrogen-bond acceptors (Lipinski definition) is 2. The van der Waals surface area contributed by atoms with Crippen LogP contribution in [0.25, 0.3) is 0 Å². The molecule has 0 saturated carbocycles. The number of amides is 1. The maximum absolute atomic E-state index is 11.9. The Hall–Kier alpha value is -2.54. The predicted molar refractivity (Wildman–Crippen MR) is 87.3 cm³/mol. The highest BCUT2D eigenvalue weighted by atomic mass is 16.1. The molecule has 0 aliphatic heterocycles. The van der Waals surface area contributed by atoms with Gasteiger partial charge in [-0.25, -0.2) is 0 Å². The number of hydrogen-bond donors (Lipinski definition) is 1. The van der Waals surface area contributed by atoms with E-state index in [1.807, 2.05) is 55.9 Å². The van der Waals surface area contributed by atoms with E-state index in [0.717, 1.165) is 22.5 Å². The fraction of sp³-hybridized carbons (Fsp3) is 0.333. The molecular weight excluding hydrogens is 274 g/mol. The van der Waals surface area contributed by atoms with Gasteiger partial charge in [0.05, 0.1) is 12.2 Å². The summed E-state index contributed by atoms with van der Waals surface area (Å²) in [5, 5.41) is 7.19. The van der Waals surface area contributed by atoms with Gasteiger partial charge in [0.1, 0.15) is 0 Å². The molecule has 1 amide bonds. The Balaban J connectivity index is 1.78. The number of aryl methyl sites for hydroxylation is 2. The lowest BCUT2D eigenvalue weighted by molar-refractivity contribution is -0.120. The van der Waals surface area contributed by atoms with Crippen LogP contribution in [-0.4, -0.2) is 22.2 Å². The van der Waals surface area contributed by atoms with E-state index in [-0.39, 0.29) is 5.91 Å². The van der Waals surface area contributed by atoms with Gasteiger partial charge >= 0.3 is 0 Å². The summed E-state index contributed by atoms with van der Waals surface area (Å²) in [7, 11) is 1.92. The van der Waals surface area contributed by atoms with Crippen molar-refractivity contribution in [3.8, 4) is 11.8 Å². The Morgan fingerprint density at radius 3 is 2.64 bits per heavy atom. The van der Waals surface area contributed by atoms with Crippen molar-refractivity contribution >= 4 is 5.91 Å². The highest BCUT2D eigenvalue weighted by molar-refractivity contribution is 5.76. The summed E-state index contributed by atoms with van der Waals surface area (Å²) in [5.41, 5.74) is 4.23. The molecule has 0 bridgehead atoms. The van der Waals surface area contributed by atoms with Gasteiger partial charge < -0.3 is 5.32 Å². The van der Waals surface area contributed by atoms with Gasteiger partial charge in [-0.15, -0.1) is 0 Å². The molecule has 0 atom stereocenters. The first kappa shape index (κ1) is 15.8. The minimum Gasteiger partial charge on any atom is -0.345 e. The lowest BCUT2D eigenvalue weighted by atomic mass is 10.1. The van der Waals surface area contributed by atoms with E-state index in [2.05, 4.69) is 22.3 Å². The summed E-state index contributed by atoms with van der Waals surface area (Å²) in [6.45, 7) is 4.38. The Labute approximate surface area is 131 Å². The zero-order chi connectivity index (χ0) is 15.9. The number of nitrogens with zero attached hydrogens (tertiary/aromatic N) is 2. The molecule has 0 unspecified atom stereocenters. The molecule has 0 spiro atoms. The van der Waals surface area contributed by atoms with E-state index in [0.29, 0.717) is 19.4 Å². The summed E-state index contributed by atoms with van der Waals surface area (Å²) in [6.07, 6.45) is 1.17. The quantitative estimate of drug-likeness (QED) is 0.879. The number of rotatable bonds is 4. The third-order valence-corrected chi connectivity index (χ3v) is 3.64. The molecule has 0 radical (unpaired) electrons. The van der Waals surface area contributed by atoms with E-state index in [1.54, 1.807) is 0 Å². The molecule has 4 nitrogen and oxygen atoms in total. The molecule has 1 aromatic heterocycles. The third-order valence-electron chi connectivity index (χ3n) is 3.64. The highest BCUT2D eigenvalue weighted by Gasteiger charge is 2.10. The molecule has 0 aliphatic carbocycles. The molecule has 1 N–H and O–H groups in total. The fourth-order valence-electron chi connectivity index (χ4n) is 2.32. The standard InChI is InChI=1S/C18H21N3O/c1-14-17(15(2)21(3)20-14)11-12-18(22)19-13-7-10-16-8-5-4-6-9-16/h4-6,8-9H,11-13H2,1-3H3,(H,19,22). The van der Waals surface area contributed by atoms with Gasteiger partial charge in [0.25, 0.3) is 0 Å². The van der Waals surface area contributed by atoms with Gasteiger partial charge in [0.2, 0.25) is 5.91 Å². The van der Waals surface area contributed by atoms with Gasteiger partial charge in [-0.05, 0) is 38.0 Å². The Bertz CT molecular complexity index is 705. The number of carbonyl (C=O) groups excluding carboxylic acids is 1. The molecule has 2 aromatic rings. The fourth-order valence-corrected chi connectivity index (χ4v) is 2.32. The Kier molecular flexibility index (Phi) is 5.37. The number of nitrogens with one attached hydrogen (secondary N) is 1. The summed E-state index contributed by atoms with van der Waals surface area (Å²) in [5.74, 6) is 6.00. The van der Waals surface area contributed by atoms with Gasteiger partial charge in [-0.3, -0.25) is 9.48 Å². The average molecular weight is 295 g/mol. The van der Waals surface area contributed by atoms with Crippen molar-refractivity contribution in [1.82, 2.24) is 15.1 Å². The second kappa shape index (κ2) is 7.46. The normalized spacial score (nSPS) is 9.95. The zero-order valence-electron chi connectivity index (χ0n) is 13.3. The van der Waals surface area contributed by atoms with Crippen LogP contribution in [0.3, 0.4) is 0 Å². The van der Waals surface area contributed by atoms with Crippen LogP contribution in [-0.2, 0) is 18.3 Å². The zero-order valence-corrected chi connectivity index (χ0v) is 13.3. The molecule has 0 aliphatic rings. The second-order valence-electron chi connectivity index (χ2n) is 5.22. The van der Waals surface area contributed by atoms with Gasteiger partial charge in [0, 0.05) is 24.7 Å². The van der Waals surface area contributed by atoms with Crippen molar-refractivity contribution in [3.63, 3.8) is 0 Å². The molecular formula is C18H21N3O. The van der Waals surface area contributed by atoms with Crippen LogP contribution in [0.2, 0.25) is 0 Å². The van der Waals surface area contributed by atoms with Gasteiger partial charge in [-0.1, -0.05) is 30.0 Å². The van der Waals surface area contributed by atoms with Gasteiger partial charge in [0.15, 0.2) is 0 Å². The van der Waals surface area contributed by atoms with E-state index in [9.17, 15) is 4.79 Å². The molecule has 1 heterocycles. The van der Waals surface area contributed by atoms with E-state index >= 15 is 0 Å². The average Bonchev–Trinajstić information content (AvgIpc) is 2.76. The van der Waals surface area contributed by atoms with E-state index in [1.165, 1.54) is 0 Å². The highest BCUT2D eigenvalue weighted by Crippen LogP contribution is 2.13. The van der Waals surface area contributed by atoms with Gasteiger partial charge in [-0.2, -0.15) is 5.10 Å². The van der Waals surface area contributed by atoms with Crippen molar-refractivity contribution in [2.75, 3.05) is 6.54 Å². The lowest BCUT2D eigenvalue weighted by Crippen LogP contribution is -2.23. The molecule has 22 heavy (non-hydrogen) atoms. The molecule has 4 heteroatoms. The Morgan fingerprint density at radius 2 is 2.00 bits per heavy atom. The summed E-state index contributed by atoms with van der Waals surface area (Å²) in [4.78, 5) is 11.9. The minimum atomic E-state index is 0.0185. The Morgan fingerprint density at radius 1 is 1.27 bits per heavy atom. The van der Waals surface area contributed by atoms with Crippen LogP contribution in [0.15, 0.2) is 30.3 Å². The molecule has 114 valence electrons. The first-order valence-electron chi connectivity index (χ1n) is 7.37. The van der Waals surface area contributed by atoms with E-state index < -0.39 is 0 Å². The van der Waals surface area contributed by atoms with Crippen LogP contribution in [0.5, 0.6) is 0 Å². The van der Waals surface area contributed by atoms with Crippen molar-refractivity contribution in [1.29, 1.82) is 0 Å². The first-order valence-corrected chi connectivity index (χ1v) is 7.37. The molecule has 2 rings (SSSR count).